The van der Waals surface area contributed by atoms with E-state index in [-0.39, 0.29) is 5.91 Å². The van der Waals surface area contributed by atoms with E-state index in [1.807, 2.05) is 6.92 Å². The number of benzene rings is 1. The predicted octanol–water partition coefficient (Wildman–Crippen LogP) is 2.38. The third kappa shape index (κ3) is 3.42. The van der Waals surface area contributed by atoms with E-state index in [4.69, 9.17) is 4.74 Å². The van der Waals surface area contributed by atoms with Crippen molar-refractivity contribution in [3.8, 4) is 5.75 Å². The zero-order valence-corrected chi connectivity index (χ0v) is 13.4. The van der Waals surface area contributed by atoms with Crippen molar-refractivity contribution in [2.75, 3.05) is 13.7 Å². The molecule has 0 fully saturated rings. The molecular formula is C17H21N3O2. The lowest BCUT2D eigenvalue weighted by atomic mass is 9.96. The highest BCUT2D eigenvalue weighted by Gasteiger charge is 2.11. The summed E-state index contributed by atoms with van der Waals surface area (Å²) in [5, 5.41) is 2.87. The molecule has 0 saturated heterocycles. The van der Waals surface area contributed by atoms with Crippen molar-refractivity contribution in [2.45, 2.75) is 27.2 Å². The van der Waals surface area contributed by atoms with E-state index in [0.29, 0.717) is 12.2 Å². The summed E-state index contributed by atoms with van der Waals surface area (Å²) in [6, 6.07) is 2.12. The fourth-order valence-corrected chi connectivity index (χ4v) is 2.53. The Labute approximate surface area is 130 Å². The number of nitrogens with one attached hydrogen (secondary N) is 1. The van der Waals surface area contributed by atoms with Crippen molar-refractivity contribution < 1.29 is 9.53 Å². The molecule has 0 aliphatic heterocycles. The van der Waals surface area contributed by atoms with Crippen LogP contribution in [0.4, 0.5) is 0 Å². The molecule has 5 heteroatoms. The number of aryl methyl sites for hydroxylation is 1. The van der Waals surface area contributed by atoms with E-state index in [9.17, 15) is 4.79 Å². The van der Waals surface area contributed by atoms with Gasteiger partial charge in [0.2, 0.25) is 0 Å². The third-order valence-electron chi connectivity index (χ3n) is 3.81. The maximum absolute atomic E-state index is 11.9. The Kier molecular flexibility index (Phi) is 5.09. The van der Waals surface area contributed by atoms with E-state index >= 15 is 0 Å². The van der Waals surface area contributed by atoms with Crippen LogP contribution in [0.15, 0.2) is 24.7 Å². The Morgan fingerprint density at radius 2 is 2.00 bits per heavy atom. The van der Waals surface area contributed by atoms with Crippen LogP contribution in [0.2, 0.25) is 0 Å². The molecule has 1 amide bonds. The Hall–Kier alpha value is -2.43. The molecule has 1 aromatic heterocycles. The lowest BCUT2D eigenvalue weighted by Gasteiger charge is -2.15. The third-order valence-corrected chi connectivity index (χ3v) is 3.81. The molecule has 0 atom stereocenters. The molecule has 0 aliphatic carbocycles. The SMILES string of the molecule is COc1c(C)cc(CCNC(=O)c2cnccn2)c(C)c1C. The summed E-state index contributed by atoms with van der Waals surface area (Å²) in [5.41, 5.74) is 5.02. The molecule has 2 rings (SSSR count). The number of amides is 1. The molecular weight excluding hydrogens is 278 g/mol. The summed E-state index contributed by atoms with van der Waals surface area (Å²) in [6.07, 6.45) is 5.28. The first-order valence-electron chi connectivity index (χ1n) is 7.22. The van der Waals surface area contributed by atoms with Gasteiger partial charge in [0.1, 0.15) is 11.4 Å². The summed E-state index contributed by atoms with van der Waals surface area (Å²) >= 11 is 0. The molecule has 22 heavy (non-hydrogen) atoms. The number of nitrogens with zero attached hydrogens (tertiary/aromatic N) is 2. The number of ether oxygens (including phenoxy) is 1. The summed E-state index contributed by atoms with van der Waals surface area (Å²) < 4.78 is 5.43. The normalized spacial score (nSPS) is 10.4. The highest BCUT2D eigenvalue weighted by molar-refractivity contribution is 5.91. The van der Waals surface area contributed by atoms with Crippen LogP contribution in [0.5, 0.6) is 5.75 Å². The maximum Gasteiger partial charge on any atom is 0.271 e. The van der Waals surface area contributed by atoms with Gasteiger partial charge >= 0.3 is 0 Å². The van der Waals surface area contributed by atoms with Crippen molar-refractivity contribution >= 4 is 5.91 Å². The molecule has 0 radical (unpaired) electrons. The average molecular weight is 299 g/mol. The van der Waals surface area contributed by atoms with Gasteiger partial charge in [0, 0.05) is 18.9 Å². The standard InChI is InChI=1S/C17H21N3O2/c1-11-9-14(12(2)13(3)16(11)22-4)5-6-20-17(21)15-10-18-7-8-19-15/h7-10H,5-6H2,1-4H3,(H,20,21). The number of hydrogen-bond donors (Lipinski definition) is 1. The fraction of sp³-hybridized carbons (Fsp3) is 0.353. The van der Waals surface area contributed by atoms with Crippen molar-refractivity contribution in [1.29, 1.82) is 0 Å². The molecule has 5 nitrogen and oxygen atoms in total. The second-order valence-electron chi connectivity index (χ2n) is 5.23. The van der Waals surface area contributed by atoms with Gasteiger partial charge in [-0.05, 0) is 49.4 Å². The van der Waals surface area contributed by atoms with E-state index in [1.165, 1.54) is 23.5 Å². The van der Waals surface area contributed by atoms with Crippen LogP contribution in [0.1, 0.15) is 32.7 Å². The molecule has 0 bridgehead atoms. The van der Waals surface area contributed by atoms with Crippen molar-refractivity contribution in [1.82, 2.24) is 15.3 Å². The molecule has 0 spiro atoms. The minimum Gasteiger partial charge on any atom is -0.496 e. The zero-order chi connectivity index (χ0) is 16.1. The number of methoxy groups -OCH3 is 1. The molecule has 2 aromatic rings. The number of rotatable bonds is 5. The van der Waals surface area contributed by atoms with Gasteiger partial charge in [0.15, 0.2) is 0 Å². The van der Waals surface area contributed by atoms with E-state index in [0.717, 1.165) is 23.3 Å². The molecule has 116 valence electrons. The summed E-state index contributed by atoms with van der Waals surface area (Å²) in [6.45, 7) is 6.73. The highest BCUT2D eigenvalue weighted by atomic mass is 16.5. The van der Waals surface area contributed by atoms with Crippen LogP contribution >= 0.6 is 0 Å². The molecule has 0 unspecified atom stereocenters. The Balaban J connectivity index is 2.02. The molecule has 1 N–H and O–H groups in total. The van der Waals surface area contributed by atoms with Gasteiger partial charge in [-0.3, -0.25) is 9.78 Å². The van der Waals surface area contributed by atoms with Gasteiger partial charge in [0.05, 0.1) is 13.3 Å². The van der Waals surface area contributed by atoms with Gasteiger partial charge in [-0.1, -0.05) is 6.07 Å². The summed E-state index contributed by atoms with van der Waals surface area (Å²) in [7, 11) is 1.69. The van der Waals surface area contributed by atoms with Crippen molar-refractivity contribution in [2.24, 2.45) is 0 Å². The van der Waals surface area contributed by atoms with E-state index < -0.39 is 0 Å². The Bertz CT molecular complexity index is 669. The molecule has 0 aliphatic rings. The minimum absolute atomic E-state index is 0.201. The van der Waals surface area contributed by atoms with E-state index in [1.54, 1.807) is 13.3 Å². The smallest absolute Gasteiger partial charge is 0.271 e. The van der Waals surface area contributed by atoms with Gasteiger partial charge in [-0.25, -0.2) is 4.98 Å². The lowest BCUT2D eigenvalue weighted by molar-refractivity contribution is 0.0948. The van der Waals surface area contributed by atoms with Crippen LogP contribution in [0, 0.1) is 20.8 Å². The molecule has 1 aromatic carbocycles. The maximum atomic E-state index is 11.9. The minimum atomic E-state index is -0.201. The van der Waals surface area contributed by atoms with Gasteiger partial charge in [0.25, 0.3) is 5.91 Å². The van der Waals surface area contributed by atoms with E-state index in [2.05, 4.69) is 35.2 Å². The van der Waals surface area contributed by atoms with Gasteiger partial charge < -0.3 is 10.1 Å². The zero-order valence-electron chi connectivity index (χ0n) is 13.4. The molecule has 0 saturated carbocycles. The van der Waals surface area contributed by atoms with Gasteiger partial charge in [-0.15, -0.1) is 0 Å². The Morgan fingerprint density at radius 3 is 2.64 bits per heavy atom. The summed E-state index contributed by atoms with van der Waals surface area (Å²) in [5.74, 6) is 0.734. The van der Waals surface area contributed by atoms with Crippen LogP contribution in [0.25, 0.3) is 0 Å². The topological polar surface area (TPSA) is 64.1 Å². The van der Waals surface area contributed by atoms with Crippen molar-refractivity contribution in [3.05, 3.63) is 52.6 Å². The molecule has 1 heterocycles. The lowest BCUT2D eigenvalue weighted by Crippen LogP contribution is -2.26. The highest BCUT2D eigenvalue weighted by Crippen LogP contribution is 2.28. The largest absolute Gasteiger partial charge is 0.496 e. The number of hydrogen-bond acceptors (Lipinski definition) is 4. The number of aromatic nitrogens is 2. The average Bonchev–Trinajstić information content (AvgIpc) is 2.53. The van der Waals surface area contributed by atoms with Crippen LogP contribution in [-0.2, 0) is 6.42 Å². The van der Waals surface area contributed by atoms with Crippen LogP contribution < -0.4 is 10.1 Å². The first-order valence-corrected chi connectivity index (χ1v) is 7.22. The second kappa shape index (κ2) is 7.02. The quantitative estimate of drug-likeness (QED) is 0.920. The van der Waals surface area contributed by atoms with Crippen LogP contribution in [0.3, 0.4) is 0 Å². The Morgan fingerprint density at radius 1 is 1.23 bits per heavy atom. The van der Waals surface area contributed by atoms with Gasteiger partial charge in [-0.2, -0.15) is 0 Å². The first kappa shape index (κ1) is 15.9. The van der Waals surface area contributed by atoms with Crippen LogP contribution in [-0.4, -0.2) is 29.5 Å². The second-order valence-corrected chi connectivity index (χ2v) is 5.23. The first-order chi connectivity index (χ1) is 10.5. The fourth-order valence-electron chi connectivity index (χ4n) is 2.53. The monoisotopic (exact) mass is 299 g/mol. The number of carbonyl (C=O) groups is 1. The number of carbonyl (C=O) groups excluding carboxylic acids is 1. The predicted molar refractivity (Wildman–Crippen MR) is 85.3 cm³/mol. The van der Waals surface area contributed by atoms with Crippen molar-refractivity contribution in [3.63, 3.8) is 0 Å². The summed E-state index contributed by atoms with van der Waals surface area (Å²) in [4.78, 5) is 19.8.